The minimum Gasteiger partial charge on any atom is -0.382 e. The summed E-state index contributed by atoms with van der Waals surface area (Å²) in [6.45, 7) is 6.13. The monoisotopic (exact) mass is 228 g/mol. The molecule has 0 saturated heterocycles. The lowest BCUT2D eigenvalue weighted by Crippen LogP contribution is -2.18. The second-order valence-electron chi connectivity index (χ2n) is 5.58. The highest BCUT2D eigenvalue weighted by molar-refractivity contribution is 5.47. The minimum atomic E-state index is -0.402. The topological polar surface area (TPSA) is 35.8 Å². The molecule has 1 atom stereocenters. The molecule has 0 heterocycles. The molecular formula is C15H20N2. The first kappa shape index (κ1) is 12.0. The molecule has 2 rings (SSSR count). The number of nitriles is 1. The van der Waals surface area contributed by atoms with Gasteiger partial charge in [-0.3, -0.25) is 0 Å². The van der Waals surface area contributed by atoms with Crippen LogP contribution in [-0.2, 0) is 5.41 Å². The van der Waals surface area contributed by atoms with E-state index in [2.05, 4.69) is 30.4 Å². The van der Waals surface area contributed by atoms with E-state index in [1.807, 2.05) is 26.0 Å². The molecule has 1 aromatic carbocycles. The molecule has 2 heteroatoms. The summed E-state index contributed by atoms with van der Waals surface area (Å²) in [5.74, 6) is 0.852. The third-order valence-corrected chi connectivity index (χ3v) is 3.61. The van der Waals surface area contributed by atoms with Crippen molar-refractivity contribution in [1.82, 2.24) is 0 Å². The average Bonchev–Trinajstić information content (AvgIpc) is 3.13. The van der Waals surface area contributed by atoms with Crippen molar-refractivity contribution in [3.05, 3.63) is 29.8 Å². The van der Waals surface area contributed by atoms with Crippen molar-refractivity contribution in [2.45, 2.75) is 45.1 Å². The molecule has 1 saturated carbocycles. The highest BCUT2D eigenvalue weighted by atomic mass is 14.9. The Hall–Kier alpha value is -1.49. The van der Waals surface area contributed by atoms with Gasteiger partial charge in [0.2, 0.25) is 0 Å². The highest BCUT2D eigenvalue weighted by Gasteiger charge is 2.27. The van der Waals surface area contributed by atoms with Crippen LogP contribution >= 0.6 is 0 Å². The highest BCUT2D eigenvalue weighted by Crippen LogP contribution is 2.34. The van der Waals surface area contributed by atoms with Crippen molar-refractivity contribution in [3.8, 4) is 6.07 Å². The quantitative estimate of drug-likeness (QED) is 0.853. The van der Waals surface area contributed by atoms with Crippen molar-refractivity contribution in [1.29, 1.82) is 5.26 Å². The van der Waals surface area contributed by atoms with Gasteiger partial charge in [0.25, 0.3) is 0 Å². The maximum absolute atomic E-state index is 9.08. The predicted octanol–water partition coefficient (Wildman–Crippen LogP) is 3.70. The van der Waals surface area contributed by atoms with E-state index in [0.717, 1.165) is 17.2 Å². The number of benzene rings is 1. The molecule has 1 aliphatic rings. The lowest BCUT2D eigenvalue weighted by molar-refractivity contribution is 0.684. The minimum absolute atomic E-state index is 0.402. The predicted molar refractivity (Wildman–Crippen MR) is 70.9 cm³/mol. The fourth-order valence-corrected chi connectivity index (χ4v) is 2.02. The molecule has 2 nitrogen and oxygen atoms in total. The first-order chi connectivity index (χ1) is 8.03. The van der Waals surface area contributed by atoms with Crippen molar-refractivity contribution >= 4 is 5.69 Å². The van der Waals surface area contributed by atoms with E-state index in [-0.39, 0.29) is 0 Å². The summed E-state index contributed by atoms with van der Waals surface area (Å²) in [5.41, 5.74) is 1.83. The smallest absolute Gasteiger partial charge is 0.0766 e. The third kappa shape index (κ3) is 2.79. The molecule has 1 aromatic rings. The molecule has 1 N–H and O–H groups in total. The molecular weight excluding hydrogens is 208 g/mol. The summed E-state index contributed by atoms with van der Waals surface area (Å²) in [4.78, 5) is 0. The Morgan fingerprint density at radius 2 is 1.88 bits per heavy atom. The number of hydrogen-bond donors (Lipinski definition) is 1. The van der Waals surface area contributed by atoms with E-state index in [1.54, 1.807) is 0 Å². The molecule has 1 unspecified atom stereocenters. The van der Waals surface area contributed by atoms with Crippen LogP contribution < -0.4 is 5.32 Å². The van der Waals surface area contributed by atoms with Crippen LogP contribution in [0.1, 0.15) is 39.2 Å². The lowest BCUT2D eigenvalue weighted by Gasteiger charge is -2.18. The summed E-state index contributed by atoms with van der Waals surface area (Å²) >= 11 is 0. The van der Waals surface area contributed by atoms with E-state index in [9.17, 15) is 0 Å². The van der Waals surface area contributed by atoms with Crippen molar-refractivity contribution in [2.24, 2.45) is 5.92 Å². The molecule has 0 radical (unpaired) electrons. The van der Waals surface area contributed by atoms with E-state index in [1.165, 1.54) is 12.8 Å². The van der Waals surface area contributed by atoms with Gasteiger partial charge in [-0.25, -0.2) is 0 Å². The van der Waals surface area contributed by atoms with Gasteiger partial charge in [-0.05, 0) is 57.2 Å². The second-order valence-corrected chi connectivity index (χ2v) is 5.58. The molecule has 0 spiro atoms. The summed E-state index contributed by atoms with van der Waals surface area (Å²) in [6, 6.07) is 11.1. The third-order valence-electron chi connectivity index (χ3n) is 3.61. The van der Waals surface area contributed by atoms with Gasteiger partial charge in [-0.2, -0.15) is 5.26 Å². The van der Waals surface area contributed by atoms with Crippen LogP contribution in [0.2, 0.25) is 0 Å². The zero-order chi connectivity index (χ0) is 12.5. The van der Waals surface area contributed by atoms with Crippen molar-refractivity contribution < 1.29 is 0 Å². The van der Waals surface area contributed by atoms with Crippen LogP contribution in [0, 0.1) is 17.2 Å². The Kier molecular flexibility index (Phi) is 3.11. The molecule has 1 aliphatic carbocycles. The Labute approximate surface area is 104 Å². The van der Waals surface area contributed by atoms with Crippen LogP contribution in [0.3, 0.4) is 0 Å². The van der Waals surface area contributed by atoms with E-state index in [4.69, 9.17) is 5.26 Å². The van der Waals surface area contributed by atoms with Gasteiger partial charge in [-0.1, -0.05) is 12.1 Å². The summed E-state index contributed by atoms with van der Waals surface area (Å²) < 4.78 is 0. The van der Waals surface area contributed by atoms with Gasteiger partial charge in [0, 0.05) is 11.7 Å². The first-order valence-corrected chi connectivity index (χ1v) is 6.31. The average molecular weight is 228 g/mol. The van der Waals surface area contributed by atoms with E-state index in [0.29, 0.717) is 6.04 Å². The number of anilines is 1. The van der Waals surface area contributed by atoms with Crippen LogP contribution in [0.25, 0.3) is 0 Å². The number of nitrogens with one attached hydrogen (secondary N) is 1. The lowest BCUT2D eigenvalue weighted by atomic mass is 9.86. The summed E-state index contributed by atoms with van der Waals surface area (Å²) in [6.07, 6.45) is 2.71. The normalized spacial score (nSPS) is 17.3. The van der Waals surface area contributed by atoms with Gasteiger partial charge in [0.1, 0.15) is 0 Å². The zero-order valence-electron chi connectivity index (χ0n) is 10.8. The standard InChI is InChI=1S/C15H20N2/c1-11(12-4-5-12)17-14-8-6-13(7-9-14)15(2,3)10-16/h6-9,11-12,17H,4-5H2,1-3H3. The van der Waals surface area contributed by atoms with Crippen LogP contribution in [-0.4, -0.2) is 6.04 Å². The SMILES string of the molecule is CC(Nc1ccc(C(C)(C)C#N)cc1)C1CC1. The number of rotatable bonds is 4. The Balaban J connectivity index is 2.05. The Bertz CT molecular complexity index is 421. The van der Waals surface area contributed by atoms with Gasteiger partial charge in [-0.15, -0.1) is 0 Å². The Morgan fingerprint density at radius 1 is 1.29 bits per heavy atom. The number of hydrogen-bond acceptors (Lipinski definition) is 2. The van der Waals surface area contributed by atoms with Crippen molar-refractivity contribution in [3.63, 3.8) is 0 Å². The molecule has 0 bridgehead atoms. The van der Waals surface area contributed by atoms with Crippen molar-refractivity contribution in [2.75, 3.05) is 5.32 Å². The Morgan fingerprint density at radius 3 is 2.35 bits per heavy atom. The first-order valence-electron chi connectivity index (χ1n) is 6.31. The molecule has 0 aromatic heterocycles. The van der Waals surface area contributed by atoms with E-state index >= 15 is 0 Å². The number of nitrogens with zero attached hydrogens (tertiary/aromatic N) is 1. The zero-order valence-corrected chi connectivity index (χ0v) is 10.8. The fraction of sp³-hybridized carbons (Fsp3) is 0.533. The van der Waals surface area contributed by atoms with Gasteiger partial charge in [0.15, 0.2) is 0 Å². The fourth-order valence-electron chi connectivity index (χ4n) is 2.02. The van der Waals surface area contributed by atoms with E-state index < -0.39 is 5.41 Å². The van der Waals surface area contributed by atoms with Gasteiger partial charge in [0.05, 0.1) is 11.5 Å². The maximum atomic E-state index is 9.08. The van der Waals surface area contributed by atoms with Gasteiger partial charge < -0.3 is 5.32 Å². The van der Waals surface area contributed by atoms with Crippen LogP contribution in [0.5, 0.6) is 0 Å². The molecule has 0 aliphatic heterocycles. The summed E-state index contributed by atoms with van der Waals surface area (Å²) in [7, 11) is 0. The second kappa shape index (κ2) is 4.41. The summed E-state index contributed by atoms with van der Waals surface area (Å²) in [5, 5.41) is 12.6. The molecule has 90 valence electrons. The van der Waals surface area contributed by atoms with Crippen LogP contribution in [0.15, 0.2) is 24.3 Å². The van der Waals surface area contributed by atoms with Gasteiger partial charge >= 0.3 is 0 Å². The molecule has 0 amide bonds. The largest absolute Gasteiger partial charge is 0.382 e. The maximum Gasteiger partial charge on any atom is 0.0766 e. The molecule has 17 heavy (non-hydrogen) atoms. The van der Waals surface area contributed by atoms with Crippen LogP contribution in [0.4, 0.5) is 5.69 Å². The molecule has 1 fully saturated rings.